The smallest absolute Gasteiger partial charge is 0.417 e. The van der Waals surface area contributed by atoms with Crippen molar-refractivity contribution in [3.8, 4) is 5.75 Å². The van der Waals surface area contributed by atoms with E-state index in [1.807, 2.05) is 0 Å². The average molecular weight is 499 g/mol. The van der Waals surface area contributed by atoms with E-state index in [4.69, 9.17) is 9.47 Å². The van der Waals surface area contributed by atoms with Crippen molar-refractivity contribution in [3.63, 3.8) is 0 Å². The summed E-state index contributed by atoms with van der Waals surface area (Å²) in [5.41, 5.74) is -0.808. The predicted octanol–water partition coefficient (Wildman–Crippen LogP) is 3.41. The molecule has 2 fully saturated rings. The lowest BCUT2D eigenvalue weighted by Gasteiger charge is -2.34. The van der Waals surface area contributed by atoms with Crippen LogP contribution in [0.2, 0.25) is 0 Å². The summed E-state index contributed by atoms with van der Waals surface area (Å²) in [6.07, 6.45) is -2.83. The first kappa shape index (κ1) is 24.5. The molecule has 184 valence electrons. The van der Waals surface area contributed by atoms with Crippen LogP contribution in [0.4, 0.5) is 13.2 Å². The molecule has 2 aromatic carbocycles. The van der Waals surface area contributed by atoms with E-state index in [-0.39, 0.29) is 38.2 Å². The van der Waals surface area contributed by atoms with Gasteiger partial charge in [0.05, 0.1) is 16.6 Å². The second kappa shape index (κ2) is 9.93. The van der Waals surface area contributed by atoms with Gasteiger partial charge in [0.25, 0.3) is 5.91 Å². The number of sulfonamides is 1. The number of carbonyl (C=O) groups is 1. The van der Waals surface area contributed by atoms with Crippen LogP contribution in [-0.2, 0) is 20.9 Å². The Kier molecular flexibility index (Phi) is 7.15. The summed E-state index contributed by atoms with van der Waals surface area (Å²) in [7, 11) is -4.37. The molecule has 0 aromatic heterocycles. The zero-order valence-electron chi connectivity index (χ0n) is 18.3. The number of hydrogen-bond acceptors (Lipinski definition) is 5. The van der Waals surface area contributed by atoms with Crippen LogP contribution in [0.3, 0.4) is 0 Å². The number of benzene rings is 2. The van der Waals surface area contributed by atoms with Crippen LogP contribution >= 0.6 is 0 Å². The molecular weight excluding hydrogens is 473 g/mol. The third-order valence-electron chi connectivity index (χ3n) is 5.88. The number of hydrogen-bond donors (Lipinski definition) is 0. The third-order valence-corrected chi connectivity index (χ3v) is 7.83. The lowest BCUT2D eigenvalue weighted by Crippen LogP contribution is -2.50. The number of carbonyl (C=O) groups excluding carboxylic acids is 1. The first-order valence-electron chi connectivity index (χ1n) is 11.0. The first-order chi connectivity index (χ1) is 16.2. The summed E-state index contributed by atoms with van der Waals surface area (Å²) < 4.78 is 78.1. The summed E-state index contributed by atoms with van der Waals surface area (Å²) in [5, 5.41) is 0. The van der Waals surface area contributed by atoms with Crippen molar-refractivity contribution >= 4 is 15.9 Å². The van der Waals surface area contributed by atoms with Crippen LogP contribution < -0.4 is 4.74 Å². The van der Waals surface area contributed by atoms with E-state index in [0.717, 1.165) is 42.0 Å². The third kappa shape index (κ3) is 5.37. The van der Waals surface area contributed by atoms with E-state index in [9.17, 15) is 26.4 Å². The Morgan fingerprint density at radius 1 is 1.06 bits per heavy atom. The normalized spacial score (nSPS) is 19.9. The fourth-order valence-corrected chi connectivity index (χ4v) is 5.70. The fraction of sp³-hybridized carbons (Fsp3) is 0.435. The number of nitrogens with zero attached hydrogens (tertiary/aromatic N) is 2. The number of alkyl halides is 3. The van der Waals surface area contributed by atoms with E-state index in [1.165, 1.54) is 11.0 Å². The maximum absolute atomic E-state index is 13.3. The second-order valence-electron chi connectivity index (χ2n) is 8.16. The molecule has 0 bridgehead atoms. The molecule has 2 heterocycles. The standard InChI is InChI=1S/C23H25F3N2O5S/c24-23(25,26)20-8-1-2-9-21(20)34(30,31)28-12-10-27(11-13-28)22(29)17-5-3-6-18(15-17)33-16-19-7-4-14-32-19/h1-3,5-6,8-9,15,19H,4,7,10-14,16H2/t19-/m0/s1. The monoisotopic (exact) mass is 498 g/mol. The Hall–Kier alpha value is -2.63. The highest BCUT2D eigenvalue weighted by Crippen LogP contribution is 2.35. The highest BCUT2D eigenvalue weighted by atomic mass is 32.2. The SMILES string of the molecule is O=C(c1cccc(OC[C@@H]2CCCO2)c1)N1CCN(S(=O)(=O)c2ccccc2C(F)(F)F)CC1. The molecule has 0 radical (unpaired) electrons. The number of amides is 1. The van der Waals surface area contributed by atoms with Gasteiger partial charge in [0.15, 0.2) is 0 Å². The average Bonchev–Trinajstić information content (AvgIpc) is 3.36. The van der Waals surface area contributed by atoms with Crippen LogP contribution in [0, 0.1) is 0 Å². The van der Waals surface area contributed by atoms with Crippen molar-refractivity contribution in [1.29, 1.82) is 0 Å². The Bertz CT molecular complexity index is 1130. The number of ether oxygens (including phenoxy) is 2. The van der Waals surface area contributed by atoms with Crippen molar-refractivity contribution in [2.45, 2.75) is 30.0 Å². The largest absolute Gasteiger partial charge is 0.491 e. The van der Waals surface area contributed by atoms with Gasteiger partial charge in [-0.3, -0.25) is 4.79 Å². The Morgan fingerprint density at radius 2 is 1.79 bits per heavy atom. The number of rotatable bonds is 6. The molecule has 34 heavy (non-hydrogen) atoms. The van der Waals surface area contributed by atoms with E-state index >= 15 is 0 Å². The van der Waals surface area contributed by atoms with Gasteiger partial charge >= 0.3 is 6.18 Å². The van der Waals surface area contributed by atoms with Crippen LogP contribution in [0.1, 0.15) is 28.8 Å². The molecule has 1 atom stereocenters. The van der Waals surface area contributed by atoms with Crippen LogP contribution in [0.25, 0.3) is 0 Å². The van der Waals surface area contributed by atoms with Gasteiger partial charge in [-0.25, -0.2) is 8.42 Å². The topological polar surface area (TPSA) is 76.2 Å². The summed E-state index contributed by atoms with van der Waals surface area (Å²) in [5.74, 6) is 0.238. The van der Waals surface area contributed by atoms with Crippen LogP contribution in [0.15, 0.2) is 53.4 Å². The van der Waals surface area contributed by atoms with Crippen molar-refractivity contribution in [2.24, 2.45) is 0 Å². The van der Waals surface area contributed by atoms with Crippen molar-refractivity contribution in [3.05, 3.63) is 59.7 Å². The van der Waals surface area contributed by atoms with Gasteiger partial charge in [0, 0.05) is 38.3 Å². The van der Waals surface area contributed by atoms with Gasteiger partial charge < -0.3 is 14.4 Å². The quantitative estimate of drug-likeness (QED) is 0.610. The zero-order valence-corrected chi connectivity index (χ0v) is 19.1. The van der Waals surface area contributed by atoms with E-state index in [1.54, 1.807) is 24.3 Å². The maximum Gasteiger partial charge on any atom is 0.417 e. The molecule has 0 spiro atoms. The lowest BCUT2D eigenvalue weighted by atomic mass is 10.1. The minimum absolute atomic E-state index is 0.0388. The molecule has 0 aliphatic carbocycles. The van der Waals surface area contributed by atoms with Gasteiger partial charge in [-0.1, -0.05) is 18.2 Å². The summed E-state index contributed by atoms with van der Waals surface area (Å²) in [6, 6.07) is 10.8. The molecule has 2 saturated heterocycles. The van der Waals surface area contributed by atoms with Gasteiger partial charge in [0.2, 0.25) is 10.0 Å². The maximum atomic E-state index is 13.3. The van der Waals surface area contributed by atoms with Crippen molar-refractivity contribution < 1.29 is 35.9 Å². The Morgan fingerprint density at radius 3 is 2.47 bits per heavy atom. The number of piperazine rings is 1. The van der Waals surface area contributed by atoms with Gasteiger partial charge in [-0.2, -0.15) is 17.5 Å². The zero-order chi connectivity index (χ0) is 24.3. The molecule has 2 aliphatic heterocycles. The van der Waals surface area contributed by atoms with E-state index in [2.05, 4.69) is 0 Å². The van der Waals surface area contributed by atoms with Gasteiger partial charge in [-0.05, 0) is 43.2 Å². The van der Waals surface area contributed by atoms with E-state index < -0.39 is 26.7 Å². The molecule has 1 amide bonds. The van der Waals surface area contributed by atoms with Crippen molar-refractivity contribution in [1.82, 2.24) is 9.21 Å². The molecule has 2 aromatic rings. The molecule has 0 unspecified atom stereocenters. The Balaban J connectivity index is 1.40. The highest BCUT2D eigenvalue weighted by Gasteiger charge is 2.39. The minimum atomic E-state index is -4.79. The van der Waals surface area contributed by atoms with Crippen LogP contribution in [-0.4, -0.2) is 69.0 Å². The molecule has 2 aliphatic rings. The summed E-state index contributed by atoms with van der Waals surface area (Å²) >= 11 is 0. The predicted molar refractivity (Wildman–Crippen MR) is 117 cm³/mol. The fourth-order valence-electron chi connectivity index (χ4n) is 4.06. The molecular formula is C23H25F3N2O5S. The van der Waals surface area contributed by atoms with Crippen LogP contribution in [0.5, 0.6) is 5.75 Å². The van der Waals surface area contributed by atoms with E-state index in [0.29, 0.717) is 17.9 Å². The first-order valence-corrected chi connectivity index (χ1v) is 12.4. The van der Waals surface area contributed by atoms with Gasteiger partial charge in [0.1, 0.15) is 12.4 Å². The summed E-state index contributed by atoms with van der Waals surface area (Å²) in [6.45, 7) is 1.04. The molecule has 11 heteroatoms. The molecule has 0 saturated carbocycles. The minimum Gasteiger partial charge on any atom is -0.491 e. The molecule has 4 rings (SSSR count). The van der Waals surface area contributed by atoms with Crippen molar-refractivity contribution in [2.75, 3.05) is 39.4 Å². The second-order valence-corrected chi connectivity index (χ2v) is 10.1. The molecule has 7 nitrogen and oxygen atoms in total. The molecule has 0 N–H and O–H groups in total. The Labute approximate surface area is 196 Å². The van der Waals surface area contributed by atoms with Gasteiger partial charge in [-0.15, -0.1) is 0 Å². The number of halogens is 3. The summed E-state index contributed by atoms with van der Waals surface area (Å²) in [4.78, 5) is 13.7. The highest BCUT2D eigenvalue weighted by molar-refractivity contribution is 7.89. The lowest BCUT2D eigenvalue weighted by molar-refractivity contribution is -0.139.